The number of nitrogens with one attached hydrogen (secondary N) is 1. The van der Waals surface area contributed by atoms with Gasteiger partial charge in [0.25, 0.3) is 5.69 Å². The zero-order valence-corrected chi connectivity index (χ0v) is 12.1. The lowest BCUT2D eigenvalue weighted by Crippen LogP contribution is -2.33. The topological polar surface area (TPSA) is 64.4 Å². The molecular formula is C15H22N2O3. The van der Waals surface area contributed by atoms with Gasteiger partial charge in [-0.2, -0.15) is 0 Å². The summed E-state index contributed by atoms with van der Waals surface area (Å²) < 4.78 is 5.34. The molecule has 1 saturated carbocycles. The summed E-state index contributed by atoms with van der Waals surface area (Å²) in [5.41, 5.74) is 1.08. The van der Waals surface area contributed by atoms with Crippen LogP contribution < -0.4 is 10.1 Å². The fourth-order valence-corrected chi connectivity index (χ4v) is 3.13. The minimum atomic E-state index is -0.348. The van der Waals surface area contributed by atoms with Crippen molar-refractivity contribution >= 4 is 5.69 Å². The molecule has 5 nitrogen and oxygen atoms in total. The van der Waals surface area contributed by atoms with Crippen LogP contribution >= 0.6 is 0 Å². The van der Waals surface area contributed by atoms with E-state index in [2.05, 4.69) is 12.2 Å². The van der Waals surface area contributed by atoms with Crippen molar-refractivity contribution in [2.45, 2.75) is 38.6 Å². The first-order valence-corrected chi connectivity index (χ1v) is 7.20. The second kappa shape index (κ2) is 6.70. The number of benzene rings is 1. The second-order valence-electron chi connectivity index (χ2n) is 5.31. The van der Waals surface area contributed by atoms with Crippen LogP contribution in [-0.4, -0.2) is 24.6 Å². The number of nitrogens with zero attached hydrogens (tertiary/aromatic N) is 1. The van der Waals surface area contributed by atoms with Crippen LogP contribution in [0.3, 0.4) is 0 Å². The number of non-ortho nitro benzene ring substituents is 1. The molecule has 0 saturated heterocycles. The van der Waals surface area contributed by atoms with Gasteiger partial charge in [-0.3, -0.25) is 10.1 Å². The fraction of sp³-hybridized carbons (Fsp3) is 0.600. The molecule has 20 heavy (non-hydrogen) atoms. The monoisotopic (exact) mass is 278 g/mol. The van der Waals surface area contributed by atoms with Crippen molar-refractivity contribution in [2.24, 2.45) is 5.92 Å². The quantitative estimate of drug-likeness (QED) is 0.642. The van der Waals surface area contributed by atoms with E-state index in [1.54, 1.807) is 19.2 Å². The Morgan fingerprint density at radius 3 is 2.90 bits per heavy atom. The summed E-state index contributed by atoms with van der Waals surface area (Å²) in [6, 6.07) is 5.37. The molecule has 0 amide bonds. The Morgan fingerprint density at radius 1 is 1.45 bits per heavy atom. The van der Waals surface area contributed by atoms with Crippen molar-refractivity contribution in [1.82, 2.24) is 5.32 Å². The van der Waals surface area contributed by atoms with Crippen molar-refractivity contribution in [1.29, 1.82) is 0 Å². The Labute approximate surface area is 119 Å². The fourth-order valence-electron chi connectivity index (χ4n) is 3.13. The first-order chi connectivity index (χ1) is 9.65. The largest absolute Gasteiger partial charge is 0.496 e. The van der Waals surface area contributed by atoms with Gasteiger partial charge in [0.2, 0.25) is 0 Å². The SMILES string of the molecule is CCNC1CCCC1Cc1cc([N+](=O)[O-])ccc1OC. The molecule has 0 heterocycles. The van der Waals surface area contributed by atoms with Crippen molar-refractivity contribution in [2.75, 3.05) is 13.7 Å². The summed E-state index contributed by atoms with van der Waals surface area (Å²) in [6.07, 6.45) is 4.42. The molecular weight excluding hydrogens is 256 g/mol. The lowest BCUT2D eigenvalue weighted by atomic mass is 9.93. The average molecular weight is 278 g/mol. The summed E-state index contributed by atoms with van der Waals surface area (Å²) in [4.78, 5) is 10.6. The molecule has 2 unspecified atom stereocenters. The molecule has 1 N–H and O–H groups in total. The van der Waals surface area contributed by atoms with Crippen molar-refractivity contribution in [3.63, 3.8) is 0 Å². The minimum absolute atomic E-state index is 0.138. The first-order valence-electron chi connectivity index (χ1n) is 7.20. The maximum Gasteiger partial charge on any atom is 0.269 e. The maximum absolute atomic E-state index is 10.9. The highest BCUT2D eigenvalue weighted by Gasteiger charge is 2.27. The summed E-state index contributed by atoms with van der Waals surface area (Å²) in [6.45, 7) is 3.08. The number of rotatable bonds is 6. The molecule has 1 aliphatic rings. The zero-order valence-electron chi connectivity index (χ0n) is 12.1. The molecule has 1 aromatic carbocycles. The number of nitro benzene ring substituents is 1. The van der Waals surface area contributed by atoms with Gasteiger partial charge < -0.3 is 10.1 Å². The van der Waals surface area contributed by atoms with E-state index in [4.69, 9.17) is 4.74 Å². The Balaban J connectivity index is 2.18. The van der Waals surface area contributed by atoms with Crippen LogP contribution in [0.1, 0.15) is 31.7 Å². The first kappa shape index (κ1) is 14.8. The van der Waals surface area contributed by atoms with E-state index in [-0.39, 0.29) is 10.6 Å². The van der Waals surface area contributed by atoms with Crippen molar-refractivity contribution < 1.29 is 9.66 Å². The highest BCUT2D eigenvalue weighted by atomic mass is 16.6. The van der Waals surface area contributed by atoms with Crippen LogP contribution in [0.15, 0.2) is 18.2 Å². The summed E-state index contributed by atoms with van der Waals surface area (Å²) >= 11 is 0. The van der Waals surface area contributed by atoms with Crippen molar-refractivity contribution in [3.05, 3.63) is 33.9 Å². The number of hydrogen-bond donors (Lipinski definition) is 1. The van der Waals surface area contributed by atoms with Crippen LogP contribution in [-0.2, 0) is 6.42 Å². The predicted octanol–water partition coefficient (Wildman–Crippen LogP) is 2.92. The van der Waals surface area contributed by atoms with Crippen LogP contribution in [0.25, 0.3) is 0 Å². The Bertz CT molecular complexity index is 476. The van der Waals surface area contributed by atoms with Crippen LogP contribution in [0.4, 0.5) is 5.69 Å². The van der Waals surface area contributed by atoms with Gasteiger partial charge in [-0.25, -0.2) is 0 Å². The molecule has 0 bridgehead atoms. The number of nitro groups is 1. The van der Waals surface area contributed by atoms with Gasteiger partial charge in [0.15, 0.2) is 0 Å². The normalized spacial score (nSPS) is 21.9. The van der Waals surface area contributed by atoms with E-state index in [1.807, 2.05) is 0 Å². The van der Waals surface area contributed by atoms with Crippen LogP contribution in [0.5, 0.6) is 5.75 Å². The van der Waals surface area contributed by atoms with Crippen LogP contribution in [0, 0.1) is 16.0 Å². The molecule has 0 spiro atoms. The molecule has 0 aliphatic heterocycles. The number of ether oxygens (including phenoxy) is 1. The molecule has 1 aromatic rings. The predicted molar refractivity (Wildman–Crippen MR) is 78.2 cm³/mol. The molecule has 1 aliphatic carbocycles. The van der Waals surface area contributed by atoms with E-state index in [0.29, 0.717) is 12.0 Å². The molecule has 5 heteroatoms. The van der Waals surface area contributed by atoms with Gasteiger partial charge in [-0.1, -0.05) is 13.3 Å². The molecule has 110 valence electrons. The van der Waals surface area contributed by atoms with Gasteiger partial charge in [-0.05, 0) is 37.8 Å². The van der Waals surface area contributed by atoms with Gasteiger partial charge in [0, 0.05) is 23.7 Å². The smallest absolute Gasteiger partial charge is 0.269 e. The molecule has 1 fully saturated rings. The van der Waals surface area contributed by atoms with Gasteiger partial charge in [0.05, 0.1) is 12.0 Å². The number of methoxy groups -OCH3 is 1. The lowest BCUT2D eigenvalue weighted by molar-refractivity contribution is -0.384. The van der Waals surface area contributed by atoms with E-state index in [1.165, 1.54) is 25.3 Å². The Kier molecular flexibility index (Phi) is 4.95. The van der Waals surface area contributed by atoms with E-state index in [0.717, 1.165) is 24.3 Å². The third kappa shape index (κ3) is 3.28. The molecule has 2 atom stereocenters. The van der Waals surface area contributed by atoms with Crippen molar-refractivity contribution in [3.8, 4) is 5.75 Å². The summed E-state index contributed by atoms with van der Waals surface area (Å²) in [5.74, 6) is 1.28. The number of hydrogen-bond acceptors (Lipinski definition) is 4. The molecule has 0 radical (unpaired) electrons. The van der Waals surface area contributed by atoms with E-state index >= 15 is 0 Å². The second-order valence-corrected chi connectivity index (χ2v) is 5.31. The average Bonchev–Trinajstić information content (AvgIpc) is 2.86. The zero-order chi connectivity index (χ0) is 14.5. The third-order valence-electron chi connectivity index (χ3n) is 4.08. The van der Waals surface area contributed by atoms with Crippen LogP contribution in [0.2, 0.25) is 0 Å². The third-order valence-corrected chi connectivity index (χ3v) is 4.08. The van der Waals surface area contributed by atoms with E-state index < -0.39 is 0 Å². The Morgan fingerprint density at radius 2 is 2.25 bits per heavy atom. The minimum Gasteiger partial charge on any atom is -0.496 e. The molecule has 0 aromatic heterocycles. The maximum atomic E-state index is 10.9. The highest BCUT2D eigenvalue weighted by Crippen LogP contribution is 2.33. The lowest BCUT2D eigenvalue weighted by Gasteiger charge is -2.21. The van der Waals surface area contributed by atoms with Gasteiger partial charge in [0.1, 0.15) is 5.75 Å². The highest BCUT2D eigenvalue weighted by molar-refractivity contribution is 5.44. The Hall–Kier alpha value is -1.62. The van der Waals surface area contributed by atoms with Gasteiger partial charge in [-0.15, -0.1) is 0 Å². The standard InChI is InChI=1S/C15H22N2O3/c1-3-16-14-6-4-5-11(14)9-12-10-13(17(18)19)7-8-15(12)20-2/h7-8,10-11,14,16H,3-6,9H2,1-2H3. The van der Waals surface area contributed by atoms with Gasteiger partial charge >= 0.3 is 0 Å². The molecule has 2 rings (SSSR count). The summed E-state index contributed by atoms with van der Waals surface area (Å²) in [7, 11) is 1.61. The summed E-state index contributed by atoms with van der Waals surface area (Å²) in [5, 5.41) is 14.4. The van der Waals surface area contributed by atoms with E-state index in [9.17, 15) is 10.1 Å².